The van der Waals surface area contributed by atoms with Gasteiger partial charge in [-0.3, -0.25) is 0 Å². The molecule has 0 aliphatic rings. The third-order valence-electron chi connectivity index (χ3n) is 5.39. The first-order valence-corrected chi connectivity index (χ1v) is 28.4. The van der Waals surface area contributed by atoms with Crippen molar-refractivity contribution in [2.24, 2.45) is 0 Å². The van der Waals surface area contributed by atoms with Gasteiger partial charge in [-0.2, -0.15) is 0 Å². The van der Waals surface area contributed by atoms with Crippen LogP contribution in [0.1, 0.15) is 0 Å². The van der Waals surface area contributed by atoms with Gasteiger partial charge in [0.05, 0.1) is 28.5 Å². The number of rotatable bonds is 6. The number of anilines is 1. The van der Waals surface area contributed by atoms with Crippen molar-refractivity contribution in [1.29, 1.82) is 0 Å². The van der Waals surface area contributed by atoms with E-state index < -0.39 is 37.8 Å². The van der Waals surface area contributed by atoms with Crippen molar-refractivity contribution in [3.8, 4) is 5.75 Å². The van der Waals surface area contributed by atoms with Crippen molar-refractivity contribution in [2.45, 2.75) is 78.6 Å². The average Bonchev–Trinajstić information content (AvgIpc) is 2.30. The van der Waals surface area contributed by atoms with E-state index in [9.17, 15) is 5.11 Å². The van der Waals surface area contributed by atoms with Gasteiger partial charge in [-0.25, -0.2) is 0 Å². The predicted molar refractivity (Wildman–Crippen MR) is 130 cm³/mol. The lowest BCUT2D eigenvalue weighted by Crippen LogP contribution is -2.93. The first-order chi connectivity index (χ1) is 10.9. The molecule has 0 saturated carbocycles. The molecule has 25 heavy (non-hydrogen) atoms. The molecular formula is C18H41NOSi5. The molecule has 0 aliphatic carbocycles. The highest BCUT2D eigenvalue weighted by atomic mass is 29.9. The topological polar surface area (TPSA) is 23.5 Å². The lowest BCUT2D eigenvalue weighted by atomic mass is 10.3. The fourth-order valence-corrected chi connectivity index (χ4v) is 127. The Labute approximate surface area is 161 Å². The summed E-state index contributed by atoms with van der Waals surface area (Å²) in [4.78, 5) is 0. The summed E-state index contributed by atoms with van der Waals surface area (Å²) in [5.41, 5.74) is 1.14. The summed E-state index contributed by atoms with van der Waals surface area (Å²) in [6, 6.07) is 8.15. The molecule has 0 spiro atoms. The Morgan fingerprint density at radius 2 is 1.00 bits per heavy atom. The maximum absolute atomic E-state index is 10.9. The van der Waals surface area contributed by atoms with Gasteiger partial charge in [-0.1, -0.05) is 90.7 Å². The molecule has 0 amide bonds. The number of hydrogen-bond donors (Lipinski definition) is 1. The van der Waals surface area contributed by atoms with Gasteiger partial charge in [0, 0.05) is 0 Å². The van der Waals surface area contributed by atoms with Gasteiger partial charge in [0.1, 0.15) is 20.8 Å². The highest BCUT2D eigenvalue weighted by Crippen LogP contribution is 2.46. The molecule has 0 atom stereocenters. The highest BCUT2D eigenvalue weighted by Gasteiger charge is 2.67. The van der Waals surface area contributed by atoms with Crippen LogP contribution < -0.4 is 4.23 Å². The molecule has 0 radical (unpaired) electrons. The van der Waals surface area contributed by atoms with Crippen LogP contribution in [0.2, 0.25) is 78.6 Å². The van der Waals surface area contributed by atoms with Gasteiger partial charge in [-0.05, 0) is 12.1 Å². The molecule has 0 aromatic heterocycles. The number of aromatic hydroxyl groups is 1. The van der Waals surface area contributed by atoms with Crippen LogP contribution in [-0.2, 0) is 0 Å². The molecule has 0 saturated heterocycles. The van der Waals surface area contributed by atoms with Crippen LogP contribution in [0.25, 0.3) is 0 Å². The van der Waals surface area contributed by atoms with Gasteiger partial charge < -0.3 is 9.34 Å². The maximum Gasteiger partial charge on any atom is 0.138 e. The predicted octanol–water partition coefficient (Wildman–Crippen LogP) is 6.23. The zero-order chi connectivity index (χ0) is 20.1. The smallest absolute Gasteiger partial charge is 0.138 e. The Morgan fingerprint density at radius 3 is 1.28 bits per heavy atom. The molecule has 144 valence electrons. The molecule has 2 nitrogen and oxygen atoms in total. The normalized spacial score (nSPS) is 14.6. The third kappa shape index (κ3) is 3.95. The summed E-state index contributed by atoms with van der Waals surface area (Å²) < 4.78 is 2.96. The monoisotopic (exact) mass is 427 g/mol. The lowest BCUT2D eigenvalue weighted by molar-refractivity contribution is 0.477. The second-order valence-electron chi connectivity index (χ2n) is 11.5. The Kier molecular flexibility index (Phi) is 6.25. The SMILES string of the molecule is C[Si](C)(C)N(c1ccccc1O)[Si]([Si](C)(C)C)([Si](C)(C)C)[Si](C)(C)C. The minimum absolute atomic E-state index is 0.483. The van der Waals surface area contributed by atoms with Crippen molar-refractivity contribution in [3.63, 3.8) is 0 Å². The van der Waals surface area contributed by atoms with E-state index in [0.717, 1.165) is 5.69 Å². The van der Waals surface area contributed by atoms with E-state index in [4.69, 9.17) is 0 Å². The lowest BCUT2D eigenvalue weighted by Gasteiger charge is -2.66. The number of benzene rings is 1. The zero-order valence-corrected chi connectivity index (χ0v) is 23.7. The van der Waals surface area contributed by atoms with E-state index >= 15 is 0 Å². The summed E-state index contributed by atoms with van der Waals surface area (Å²) >= 11 is 0. The second-order valence-corrected chi connectivity index (χ2v) is 56.6. The number of para-hydroxylation sites is 2. The molecular weight excluding hydrogens is 387 g/mol. The largest absolute Gasteiger partial charge is 0.506 e. The van der Waals surface area contributed by atoms with Crippen LogP contribution in [0.3, 0.4) is 0 Å². The van der Waals surface area contributed by atoms with E-state index in [-0.39, 0.29) is 0 Å². The zero-order valence-electron chi connectivity index (χ0n) is 18.7. The van der Waals surface area contributed by atoms with Crippen molar-refractivity contribution in [3.05, 3.63) is 24.3 Å². The first-order valence-electron chi connectivity index (χ1n) is 9.47. The molecule has 0 heterocycles. The number of phenolic OH excluding ortho intramolecular Hbond substituents is 1. The average molecular weight is 428 g/mol. The number of nitrogens with zero attached hydrogens (tertiary/aromatic N) is 1. The second kappa shape index (κ2) is 6.81. The Balaban J connectivity index is 4.08. The number of phenols is 1. The van der Waals surface area contributed by atoms with Gasteiger partial charge >= 0.3 is 0 Å². The standard InChI is InChI=1S/C18H41NOSi5/c1-21(2,3)19(17-15-13-14-16-18(17)20)25(22(4,5)6,23(7,8)9)24(10,11)12/h13-16,20H,1-12H3. The fourth-order valence-electron chi connectivity index (χ4n) is 6.08. The van der Waals surface area contributed by atoms with E-state index in [2.05, 4.69) is 94.9 Å². The highest BCUT2D eigenvalue weighted by molar-refractivity contribution is 7.91. The molecule has 0 aliphatic heterocycles. The Hall–Kier alpha value is -0.0956. The van der Waals surface area contributed by atoms with E-state index in [1.165, 1.54) is 0 Å². The quantitative estimate of drug-likeness (QED) is 0.544. The van der Waals surface area contributed by atoms with Crippen molar-refractivity contribution in [2.75, 3.05) is 4.23 Å². The molecule has 0 unspecified atom stereocenters. The number of hydrogen-bond acceptors (Lipinski definition) is 2. The molecule has 1 aromatic carbocycles. The summed E-state index contributed by atoms with van der Waals surface area (Å²) in [6.45, 7) is 29.3. The summed E-state index contributed by atoms with van der Waals surface area (Å²) in [5, 5.41) is 10.9. The van der Waals surface area contributed by atoms with Crippen LogP contribution >= 0.6 is 0 Å². The summed E-state index contributed by atoms with van der Waals surface area (Å²) in [5.74, 6) is 0.483. The Morgan fingerprint density at radius 1 is 0.640 bits per heavy atom. The minimum atomic E-state index is -1.79. The van der Waals surface area contributed by atoms with E-state index in [1.54, 1.807) is 0 Å². The van der Waals surface area contributed by atoms with Crippen LogP contribution in [0.4, 0.5) is 5.69 Å². The maximum atomic E-state index is 10.9. The van der Waals surface area contributed by atoms with Crippen molar-refractivity contribution in [1.82, 2.24) is 0 Å². The summed E-state index contributed by atoms with van der Waals surface area (Å²) in [7, 11) is -6.11. The molecule has 7 heteroatoms. The van der Waals surface area contributed by atoms with Gasteiger partial charge in [0.15, 0.2) is 0 Å². The first kappa shape index (κ1) is 22.9. The summed E-state index contributed by atoms with van der Waals surface area (Å²) in [6.07, 6.45) is 0. The van der Waals surface area contributed by atoms with Crippen molar-refractivity contribution < 1.29 is 5.11 Å². The van der Waals surface area contributed by atoms with E-state index in [1.807, 2.05) is 12.1 Å². The molecule has 1 N–H and O–H groups in total. The molecule has 1 rings (SSSR count). The molecule has 0 fully saturated rings. The van der Waals surface area contributed by atoms with Crippen LogP contribution in [0.15, 0.2) is 24.3 Å². The molecule has 0 bridgehead atoms. The molecule has 1 aromatic rings. The van der Waals surface area contributed by atoms with Gasteiger partial charge in [-0.15, -0.1) is 0 Å². The third-order valence-corrected chi connectivity index (χ3v) is 81.5. The minimum Gasteiger partial charge on any atom is -0.506 e. The van der Waals surface area contributed by atoms with Gasteiger partial charge in [0.25, 0.3) is 0 Å². The van der Waals surface area contributed by atoms with Crippen molar-refractivity contribution >= 4 is 43.5 Å². The van der Waals surface area contributed by atoms with E-state index in [0.29, 0.717) is 5.75 Å². The van der Waals surface area contributed by atoms with Crippen LogP contribution in [0, 0.1) is 0 Å². The van der Waals surface area contributed by atoms with Crippen LogP contribution in [-0.4, -0.2) is 42.9 Å². The van der Waals surface area contributed by atoms with Crippen LogP contribution in [0.5, 0.6) is 5.75 Å². The van der Waals surface area contributed by atoms with Gasteiger partial charge in [0.2, 0.25) is 0 Å². The Bertz CT molecular complexity index is 570. The fraction of sp³-hybridized carbons (Fsp3) is 0.667.